The molecular formula is C15H17N5O2S. The molecule has 0 fully saturated rings. The predicted octanol–water partition coefficient (Wildman–Crippen LogP) is 1.41. The SMILES string of the molecule is Cc1cccnc1NC(=O)C(=O)Nc1nc2c(s1)CN(C)CC2. The van der Waals surface area contributed by atoms with Crippen LogP contribution in [0.1, 0.15) is 16.1 Å². The van der Waals surface area contributed by atoms with E-state index in [1.165, 1.54) is 11.3 Å². The molecule has 0 atom stereocenters. The van der Waals surface area contributed by atoms with Crippen molar-refractivity contribution >= 4 is 34.1 Å². The van der Waals surface area contributed by atoms with Gasteiger partial charge in [-0.2, -0.15) is 0 Å². The highest BCUT2D eigenvalue weighted by molar-refractivity contribution is 7.16. The molecule has 23 heavy (non-hydrogen) atoms. The van der Waals surface area contributed by atoms with E-state index in [4.69, 9.17) is 0 Å². The summed E-state index contributed by atoms with van der Waals surface area (Å²) in [6, 6.07) is 3.58. The first-order valence-electron chi connectivity index (χ1n) is 7.24. The Hall–Kier alpha value is -2.32. The monoisotopic (exact) mass is 331 g/mol. The normalized spacial score (nSPS) is 14.2. The molecule has 2 aromatic rings. The van der Waals surface area contributed by atoms with E-state index in [2.05, 4.69) is 25.5 Å². The zero-order valence-corrected chi connectivity index (χ0v) is 13.7. The maximum atomic E-state index is 12.0. The molecule has 0 unspecified atom stereocenters. The fraction of sp³-hybridized carbons (Fsp3) is 0.333. The van der Waals surface area contributed by atoms with Gasteiger partial charge in [0, 0.05) is 30.6 Å². The quantitative estimate of drug-likeness (QED) is 0.813. The molecule has 3 rings (SSSR count). The molecule has 2 aromatic heterocycles. The predicted molar refractivity (Wildman–Crippen MR) is 88.4 cm³/mol. The minimum atomic E-state index is -0.753. The van der Waals surface area contributed by atoms with Crippen molar-refractivity contribution in [1.82, 2.24) is 14.9 Å². The minimum Gasteiger partial charge on any atom is -0.302 e. The number of fused-ring (bicyclic) bond motifs is 1. The number of aromatic nitrogens is 2. The zero-order chi connectivity index (χ0) is 16.4. The van der Waals surface area contributed by atoms with Gasteiger partial charge in [-0.25, -0.2) is 9.97 Å². The van der Waals surface area contributed by atoms with Crippen LogP contribution in [0.5, 0.6) is 0 Å². The van der Waals surface area contributed by atoms with Crippen LogP contribution in [0.3, 0.4) is 0 Å². The van der Waals surface area contributed by atoms with E-state index < -0.39 is 11.8 Å². The van der Waals surface area contributed by atoms with Crippen LogP contribution in [0.25, 0.3) is 0 Å². The number of carbonyl (C=O) groups is 2. The average Bonchev–Trinajstić information content (AvgIpc) is 2.90. The molecule has 0 aromatic carbocycles. The van der Waals surface area contributed by atoms with E-state index in [0.29, 0.717) is 10.9 Å². The Balaban J connectivity index is 1.65. The molecule has 120 valence electrons. The molecule has 2 amide bonds. The average molecular weight is 331 g/mol. The molecular weight excluding hydrogens is 314 g/mol. The van der Waals surface area contributed by atoms with E-state index in [0.717, 1.165) is 35.6 Å². The van der Waals surface area contributed by atoms with Crippen LogP contribution in [0.4, 0.5) is 10.9 Å². The first kappa shape index (κ1) is 15.6. The summed E-state index contributed by atoms with van der Waals surface area (Å²) in [6.07, 6.45) is 2.42. The van der Waals surface area contributed by atoms with Crippen LogP contribution in [0.2, 0.25) is 0 Å². The van der Waals surface area contributed by atoms with Crippen molar-refractivity contribution in [2.24, 2.45) is 0 Å². The molecule has 0 spiro atoms. The van der Waals surface area contributed by atoms with Crippen LogP contribution in [-0.2, 0) is 22.6 Å². The smallest absolute Gasteiger partial charge is 0.302 e. The molecule has 1 aliphatic rings. The van der Waals surface area contributed by atoms with Gasteiger partial charge >= 0.3 is 11.8 Å². The van der Waals surface area contributed by atoms with E-state index in [-0.39, 0.29) is 0 Å². The van der Waals surface area contributed by atoms with Crippen molar-refractivity contribution in [3.05, 3.63) is 34.5 Å². The lowest BCUT2D eigenvalue weighted by Gasteiger charge is -2.20. The molecule has 0 aliphatic carbocycles. The summed E-state index contributed by atoms with van der Waals surface area (Å²) in [6.45, 7) is 3.58. The van der Waals surface area contributed by atoms with E-state index in [1.54, 1.807) is 12.3 Å². The van der Waals surface area contributed by atoms with Crippen molar-refractivity contribution in [2.45, 2.75) is 19.9 Å². The summed E-state index contributed by atoms with van der Waals surface area (Å²) in [5.74, 6) is -1.11. The van der Waals surface area contributed by atoms with Crippen molar-refractivity contribution in [1.29, 1.82) is 0 Å². The third-order valence-corrected chi connectivity index (χ3v) is 4.59. The van der Waals surface area contributed by atoms with Crippen LogP contribution in [0.15, 0.2) is 18.3 Å². The highest BCUT2D eigenvalue weighted by Gasteiger charge is 2.21. The van der Waals surface area contributed by atoms with Crippen LogP contribution in [-0.4, -0.2) is 40.3 Å². The van der Waals surface area contributed by atoms with E-state index in [1.807, 2.05) is 20.0 Å². The molecule has 2 N–H and O–H groups in total. The standard InChI is InChI=1S/C15H17N5O2S/c1-9-4-3-6-16-12(9)18-13(21)14(22)19-15-17-10-5-7-20(2)8-11(10)23-15/h3-4,6H,5,7-8H2,1-2H3,(H,16,18,21)(H,17,19,22). The first-order chi connectivity index (χ1) is 11.0. The number of thiazole rings is 1. The van der Waals surface area contributed by atoms with Gasteiger partial charge in [-0.05, 0) is 25.6 Å². The number of likely N-dealkylation sites (N-methyl/N-ethyl adjacent to an activating group) is 1. The lowest BCUT2D eigenvalue weighted by Crippen LogP contribution is -2.29. The van der Waals surface area contributed by atoms with Crippen LogP contribution in [0, 0.1) is 6.92 Å². The van der Waals surface area contributed by atoms with Gasteiger partial charge in [0.15, 0.2) is 5.13 Å². The summed E-state index contributed by atoms with van der Waals surface area (Å²) in [5.41, 5.74) is 1.80. The Morgan fingerprint density at radius 1 is 1.30 bits per heavy atom. The van der Waals surface area contributed by atoms with Crippen molar-refractivity contribution in [3.63, 3.8) is 0 Å². The van der Waals surface area contributed by atoms with Crippen LogP contribution < -0.4 is 10.6 Å². The number of nitrogens with zero attached hydrogens (tertiary/aromatic N) is 3. The first-order valence-corrected chi connectivity index (χ1v) is 8.05. The molecule has 3 heterocycles. The Morgan fingerprint density at radius 3 is 2.87 bits per heavy atom. The fourth-order valence-electron chi connectivity index (χ4n) is 2.31. The van der Waals surface area contributed by atoms with Gasteiger partial charge in [0.1, 0.15) is 5.82 Å². The van der Waals surface area contributed by atoms with Gasteiger partial charge in [0.25, 0.3) is 0 Å². The lowest BCUT2D eigenvalue weighted by atomic mass is 10.2. The highest BCUT2D eigenvalue weighted by atomic mass is 32.1. The third kappa shape index (κ3) is 3.54. The van der Waals surface area contributed by atoms with E-state index >= 15 is 0 Å². The Bertz CT molecular complexity index is 758. The number of rotatable bonds is 2. The van der Waals surface area contributed by atoms with Gasteiger partial charge in [-0.3, -0.25) is 14.9 Å². The summed E-state index contributed by atoms with van der Waals surface area (Å²) in [4.78, 5) is 35.7. The maximum Gasteiger partial charge on any atom is 0.315 e. The Labute approximate surface area is 137 Å². The van der Waals surface area contributed by atoms with Crippen molar-refractivity contribution in [3.8, 4) is 0 Å². The zero-order valence-electron chi connectivity index (χ0n) is 12.9. The second-order valence-electron chi connectivity index (χ2n) is 5.45. The molecule has 1 aliphatic heterocycles. The number of amides is 2. The number of carbonyl (C=O) groups excluding carboxylic acids is 2. The second kappa shape index (κ2) is 6.43. The number of pyridine rings is 1. The highest BCUT2D eigenvalue weighted by Crippen LogP contribution is 2.27. The van der Waals surface area contributed by atoms with Gasteiger partial charge in [-0.15, -0.1) is 11.3 Å². The number of nitrogens with one attached hydrogen (secondary N) is 2. The second-order valence-corrected chi connectivity index (χ2v) is 6.54. The summed E-state index contributed by atoms with van der Waals surface area (Å²) in [7, 11) is 2.05. The minimum absolute atomic E-state index is 0.382. The largest absolute Gasteiger partial charge is 0.315 e. The summed E-state index contributed by atoms with van der Waals surface area (Å²) < 4.78 is 0. The number of hydrogen-bond donors (Lipinski definition) is 2. The van der Waals surface area contributed by atoms with Gasteiger partial charge in [0.05, 0.1) is 5.69 Å². The summed E-state index contributed by atoms with van der Waals surface area (Å²) >= 11 is 1.41. The molecule has 8 heteroatoms. The number of hydrogen-bond acceptors (Lipinski definition) is 6. The fourth-order valence-corrected chi connectivity index (χ4v) is 3.39. The third-order valence-electron chi connectivity index (χ3n) is 3.59. The number of aryl methyl sites for hydroxylation is 1. The lowest BCUT2D eigenvalue weighted by molar-refractivity contribution is -0.133. The van der Waals surface area contributed by atoms with Crippen molar-refractivity contribution in [2.75, 3.05) is 24.2 Å². The molecule has 7 nitrogen and oxygen atoms in total. The van der Waals surface area contributed by atoms with Crippen LogP contribution >= 0.6 is 11.3 Å². The molecule has 0 bridgehead atoms. The Kier molecular flexibility index (Phi) is 4.35. The Morgan fingerprint density at radius 2 is 2.09 bits per heavy atom. The van der Waals surface area contributed by atoms with Gasteiger partial charge in [-0.1, -0.05) is 6.07 Å². The van der Waals surface area contributed by atoms with Gasteiger partial charge in [0.2, 0.25) is 0 Å². The summed E-state index contributed by atoms with van der Waals surface area (Å²) in [5, 5.41) is 5.53. The topological polar surface area (TPSA) is 87.2 Å². The number of anilines is 2. The maximum absolute atomic E-state index is 12.0. The molecule has 0 radical (unpaired) electrons. The molecule has 0 saturated heterocycles. The van der Waals surface area contributed by atoms with Gasteiger partial charge < -0.3 is 10.2 Å². The van der Waals surface area contributed by atoms with Crippen molar-refractivity contribution < 1.29 is 9.59 Å². The van der Waals surface area contributed by atoms with E-state index in [9.17, 15) is 9.59 Å². The molecule has 0 saturated carbocycles.